The molecule has 0 aliphatic rings. The van der Waals surface area contributed by atoms with Crippen LogP contribution in [-0.4, -0.2) is 50.7 Å². The number of carbonyl (C=O) groups excluding carboxylic acids is 2. The van der Waals surface area contributed by atoms with Gasteiger partial charge in [0.05, 0.1) is 12.7 Å². The number of rotatable bonds is 11. The summed E-state index contributed by atoms with van der Waals surface area (Å²) in [6, 6.07) is 16.9. The Morgan fingerprint density at radius 2 is 1.83 bits per heavy atom. The maximum atomic E-state index is 13.5. The average Bonchev–Trinajstić information content (AvgIpc) is 2.92. The Morgan fingerprint density at radius 1 is 1.08 bits per heavy atom. The number of hydrogen-bond acceptors (Lipinski definition) is 7. The molecule has 1 heterocycles. The topological polar surface area (TPSA) is 111 Å². The minimum Gasteiger partial charge on any atom is -0.497 e. The molecule has 1 amide bonds. The van der Waals surface area contributed by atoms with Crippen LogP contribution in [0.2, 0.25) is 0 Å². The van der Waals surface area contributed by atoms with Gasteiger partial charge in [-0.15, -0.1) is 0 Å². The summed E-state index contributed by atoms with van der Waals surface area (Å²) in [4.78, 5) is 40.2. The van der Waals surface area contributed by atoms with Crippen molar-refractivity contribution in [2.45, 2.75) is 13.0 Å². The first kappa shape index (κ1) is 26.2. The summed E-state index contributed by atoms with van der Waals surface area (Å²) < 4.78 is 17.4. The molecule has 0 bridgehead atoms. The molecular weight excluding hydrogens is 462 g/mol. The standard InChI is InChI=1S/C27H27N3O6/c1-29(21-8-5-4-6-9-21)25(31)18-36-24-11-10-22(35-3)15-23(24)26(32)20-14-19(16-28)27(33)30(17-20)12-7-13-34-2/h4-6,8-11,14-15,17H,7,12-13,18H2,1-3H3. The summed E-state index contributed by atoms with van der Waals surface area (Å²) in [5.74, 6) is -0.211. The van der Waals surface area contributed by atoms with Gasteiger partial charge in [-0.1, -0.05) is 18.2 Å². The number of ketones is 1. The molecule has 0 aliphatic carbocycles. The highest BCUT2D eigenvalue weighted by molar-refractivity contribution is 6.11. The van der Waals surface area contributed by atoms with Crippen LogP contribution < -0.4 is 19.9 Å². The van der Waals surface area contributed by atoms with Crippen molar-refractivity contribution in [3.63, 3.8) is 0 Å². The number of amides is 1. The summed E-state index contributed by atoms with van der Waals surface area (Å²) in [7, 11) is 4.65. The van der Waals surface area contributed by atoms with E-state index < -0.39 is 11.3 Å². The Balaban J connectivity index is 1.91. The van der Waals surface area contributed by atoms with Gasteiger partial charge in [0.25, 0.3) is 11.5 Å². The van der Waals surface area contributed by atoms with Crippen molar-refractivity contribution in [1.29, 1.82) is 5.26 Å². The SMILES string of the molecule is COCCCn1cc(C(=O)c2cc(OC)ccc2OCC(=O)N(C)c2ccccc2)cc(C#N)c1=O. The molecule has 9 heteroatoms. The quantitative estimate of drug-likeness (QED) is 0.301. The summed E-state index contributed by atoms with van der Waals surface area (Å²) >= 11 is 0. The zero-order valence-corrected chi connectivity index (χ0v) is 20.4. The number of pyridine rings is 1. The molecule has 3 rings (SSSR count). The minimum absolute atomic E-state index is 0.134. The van der Waals surface area contributed by atoms with Crippen molar-refractivity contribution in [1.82, 2.24) is 4.57 Å². The van der Waals surface area contributed by atoms with Gasteiger partial charge < -0.3 is 23.7 Å². The van der Waals surface area contributed by atoms with Crippen LogP contribution in [0.5, 0.6) is 11.5 Å². The first-order valence-electron chi connectivity index (χ1n) is 11.2. The van der Waals surface area contributed by atoms with E-state index in [1.54, 1.807) is 38.4 Å². The van der Waals surface area contributed by atoms with Crippen LogP contribution in [0.25, 0.3) is 0 Å². The van der Waals surface area contributed by atoms with Gasteiger partial charge in [-0.25, -0.2) is 0 Å². The molecule has 0 aliphatic heterocycles. The van der Waals surface area contributed by atoms with Gasteiger partial charge in [-0.2, -0.15) is 5.26 Å². The molecule has 186 valence electrons. The van der Waals surface area contributed by atoms with Crippen LogP contribution in [0.3, 0.4) is 0 Å². The molecule has 0 radical (unpaired) electrons. The van der Waals surface area contributed by atoms with Gasteiger partial charge in [-0.3, -0.25) is 14.4 Å². The van der Waals surface area contributed by atoms with Gasteiger partial charge >= 0.3 is 0 Å². The lowest BCUT2D eigenvalue weighted by Gasteiger charge is -2.18. The summed E-state index contributed by atoms with van der Waals surface area (Å²) in [5, 5.41) is 9.43. The molecule has 0 atom stereocenters. The van der Waals surface area contributed by atoms with E-state index in [0.717, 1.165) is 0 Å². The molecule has 2 aromatic carbocycles. The highest BCUT2D eigenvalue weighted by Crippen LogP contribution is 2.27. The Bertz CT molecular complexity index is 1330. The number of aryl methyl sites for hydroxylation is 1. The smallest absolute Gasteiger partial charge is 0.268 e. The first-order chi connectivity index (χ1) is 17.4. The van der Waals surface area contributed by atoms with E-state index >= 15 is 0 Å². The molecule has 0 spiro atoms. The molecule has 0 saturated carbocycles. The molecule has 9 nitrogen and oxygen atoms in total. The monoisotopic (exact) mass is 489 g/mol. The highest BCUT2D eigenvalue weighted by atomic mass is 16.5. The zero-order valence-electron chi connectivity index (χ0n) is 20.4. The number of likely N-dealkylation sites (N-methyl/N-ethyl adjacent to an activating group) is 1. The lowest BCUT2D eigenvalue weighted by Crippen LogP contribution is -2.31. The number of para-hydroxylation sites is 1. The van der Waals surface area contributed by atoms with Gasteiger partial charge in [-0.05, 0) is 42.8 Å². The number of benzene rings is 2. The molecule has 0 fully saturated rings. The number of aromatic nitrogens is 1. The van der Waals surface area contributed by atoms with Crippen molar-refractivity contribution in [3.8, 4) is 17.6 Å². The van der Waals surface area contributed by atoms with E-state index in [1.165, 1.54) is 34.9 Å². The third-order valence-electron chi connectivity index (χ3n) is 5.52. The number of carbonyl (C=O) groups is 2. The van der Waals surface area contributed by atoms with Gasteiger partial charge in [0.15, 0.2) is 12.4 Å². The van der Waals surface area contributed by atoms with E-state index in [0.29, 0.717) is 24.5 Å². The van der Waals surface area contributed by atoms with Crippen LogP contribution in [-0.2, 0) is 16.1 Å². The van der Waals surface area contributed by atoms with Crippen LogP contribution in [0.15, 0.2) is 65.6 Å². The third kappa shape index (κ3) is 6.17. The number of anilines is 1. The fraction of sp³-hybridized carbons (Fsp3) is 0.259. The summed E-state index contributed by atoms with van der Waals surface area (Å²) in [6.07, 6.45) is 1.95. The van der Waals surface area contributed by atoms with Crippen molar-refractivity contribution in [2.24, 2.45) is 0 Å². The van der Waals surface area contributed by atoms with Crippen molar-refractivity contribution < 1.29 is 23.8 Å². The van der Waals surface area contributed by atoms with Gasteiger partial charge in [0.2, 0.25) is 0 Å². The maximum Gasteiger partial charge on any atom is 0.268 e. The minimum atomic E-state index is -0.484. The van der Waals surface area contributed by atoms with E-state index in [4.69, 9.17) is 14.2 Å². The van der Waals surface area contributed by atoms with Crippen LogP contribution in [0.4, 0.5) is 5.69 Å². The number of hydrogen-bond donors (Lipinski definition) is 0. The average molecular weight is 490 g/mol. The number of methoxy groups -OCH3 is 2. The Morgan fingerprint density at radius 3 is 2.50 bits per heavy atom. The Kier molecular flexibility index (Phi) is 8.97. The Hall–Kier alpha value is -4.42. The maximum absolute atomic E-state index is 13.5. The lowest BCUT2D eigenvalue weighted by atomic mass is 10.0. The van der Waals surface area contributed by atoms with Crippen molar-refractivity contribution >= 4 is 17.4 Å². The van der Waals surface area contributed by atoms with Crippen molar-refractivity contribution in [2.75, 3.05) is 39.4 Å². The normalized spacial score (nSPS) is 10.4. The van der Waals surface area contributed by atoms with Crippen LogP contribution >= 0.6 is 0 Å². The van der Waals surface area contributed by atoms with E-state index in [9.17, 15) is 19.6 Å². The Labute approximate surface area is 209 Å². The van der Waals surface area contributed by atoms with E-state index in [-0.39, 0.29) is 41.5 Å². The molecular formula is C27H27N3O6. The molecule has 36 heavy (non-hydrogen) atoms. The lowest BCUT2D eigenvalue weighted by molar-refractivity contribution is -0.120. The largest absolute Gasteiger partial charge is 0.497 e. The molecule has 0 N–H and O–H groups in total. The van der Waals surface area contributed by atoms with Crippen LogP contribution in [0.1, 0.15) is 27.9 Å². The molecule has 0 unspecified atom stereocenters. The molecule has 1 aromatic heterocycles. The number of nitrogens with zero attached hydrogens (tertiary/aromatic N) is 3. The highest BCUT2D eigenvalue weighted by Gasteiger charge is 2.20. The van der Waals surface area contributed by atoms with E-state index in [1.807, 2.05) is 24.3 Å². The van der Waals surface area contributed by atoms with Crippen molar-refractivity contribution in [3.05, 3.63) is 87.8 Å². The molecule has 3 aromatic rings. The second-order valence-electron chi connectivity index (χ2n) is 7.87. The fourth-order valence-corrected chi connectivity index (χ4v) is 3.51. The van der Waals surface area contributed by atoms with E-state index in [2.05, 4.69) is 0 Å². The second kappa shape index (κ2) is 12.3. The van der Waals surface area contributed by atoms with Gasteiger partial charge in [0, 0.05) is 44.8 Å². The third-order valence-corrected chi connectivity index (χ3v) is 5.52. The van der Waals surface area contributed by atoms with Gasteiger partial charge in [0.1, 0.15) is 23.1 Å². The van der Waals surface area contributed by atoms with Crippen LogP contribution in [0, 0.1) is 11.3 Å². The first-order valence-corrected chi connectivity index (χ1v) is 11.2. The number of nitriles is 1. The second-order valence-corrected chi connectivity index (χ2v) is 7.87. The zero-order chi connectivity index (χ0) is 26.1. The molecule has 0 saturated heterocycles. The predicted octanol–water partition coefficient (Wildman–Crippen LogP) is 3.04. The predicted molar refractivity (Wildman–Crippen MR) is 134 cm³/mol. The summed E-state index contributed by atoms with van der Waals surface area (Å²) in [6.45, 7) is 0.397. The fourth-order valence-electron chi connectivity index (χ4n) is 3.51. The summed E-state index contributed by atoms with van der Waals surface area (Å²) in [5.41, 5.74) is 0.340. The number of ether oxygens (including phenoxy) is 3.